The number of nitrogens with one attached hydrogen (secondary N) is 10. The molecule has 6 aliphatic rings. The predicted molar refractivity (Wildman–Crippen MR) is 510 cm³/mol. The lowest BCUT2D eigenvalue weighted by Gasteiger charge is -2.29. The number of Topliss-reactive ketones (excluding diaryl/α,β-unsaturated/α-hetero) is 2. The molecule has 136 heavy (non-hydrogen) atoms. The Morgan fingerprint density at radius 2 is 0.926 bits per heavy atom. The molecule has 0 bridgehead atoms. The maximum Gasteiger partial charge on any atom is 0.250 e. The quantitative estimate of drug-likeness (QED) is 0.0109. The van der Waals surface area contributed by atoms with Crippen LogP contribution in [0, 0.1) is 5.82 Å². The highest BCUT2D eigenvalue weighted by Gasteiger charge is 2.31. The molecule has 692 valence electrons. The van der Waals surface area contributed by atoms with Crippen LogP contribution >= 0.6 is 0 Å². The lowest BCUT2D eigenvalue weighted by molar-refractivity contribution is -0.115. The number of nitrogens with zero attached hydrogens (tertiary/aromatic N) is 12. The van der Waals surface area contributed by atoms with Crippen molar-refractivity contribution in [1.29, 1.82) is 0 Å². The minimum atomic E-state index is -0.628. The third-order valence-electron chi connectivity index (χ3n) is 20.9. The van der Waals surface area contributed by atoms with E-state index in [9.17, 15) is 42.7 Å². The normalized spacial score (nSPS) is 13.1. The number of methoxy groups -OCH3 is 1. The summed E-state index contributed by atoms with van der Waals surface area (Å²) in [6.07, 6.45) is 15.1. The first kappa shape index (κ1) is 93.1. The number of hydrogen-bond donors (Lipinski definition) is 11. The van der Waals surface area contributed by atoms with E-state index < -0.39 is 5.82 Å². The predicted octanol–water partition coefficient (Wildman–Crippen LogP) is 15.0. The van der Waals surface area contributed by atoms with Crippen LogP contribution in [0.3, 0.4) is 0 Å². The summed E-state index contributed by atoms with van der Waals surface area (Å²) < 4.78 is 53.3. The van der Waals surface area contributed by atoms with Crippen LogP contribution in [0.5, 0.6) is 40.5 Å². The first-order chi connectivity index (χ1) is 66.0. The number of aliphatic hydroxyl groups excluding tert-OH is 1. The zero-order valence-corrected chi connectivity index (χ0v) is 73.8. The lowest BCUT2D eigenvalue weighted by Crippen LogP contribution is -2.36. The van der Waals surface area contributed by atoms with Gasteiger partial charge in [-0.1, -0.05) is 32.4 Å². The summed E-state index contributed by atoms with van der Waals surface area (Å²) in [6, 6.07) is 44.6. The van der Waals surface area contributed by atoms with Gasteiger partial charge in [0.05, 0.1) is 92.0 Å². The molecule has 11 N–H and O–H groups in total. The summed E-state index contributed by atoms with van der Waals surface area (Å²) in [6.45, 7) is 20.5. The highest BCUT2D eigenvalue weighted by Crippen LogP contribution is 2.46. The molecular weight excluding hydrogens is 1750 g/mol. The fourth-order valence-corrected chi connectivity index (χ4v) is 14.3. The van der Waals surface area contributed by atoms with Gasteiger partial charge < -0.3 is 106 Å². The smallest absolute Gasteiger partial charge is 0.250 e. The molecule has 0 saturated heterocycles. The summed E-state index contributed by atoms with van der Waals surface area (Å²) in [5.74, 6) is 3.91. The number of carbonyl (C=O) groups is 8. The largest absolute Gasteiger partial charge is 0.491 e. The van der Waals surface area contributed by atoms with Gasteiger partial charge in [0.2, 0.25) is 53.3 Å². The molecule has 39 heteroatoms. The van der Waals surface area contributed by atoms with E-state index in [-0.39, 0.29) is 90.3 Å². The van der Waals surface area contributed by atoms with E-state index in [2.05, 4.69) is 124 Å². The maximum atomic E-state index is 14.4. The third-order valence-corrected chi connectivity index (χ3v) is 20.9. The summed E-state index contributed by atoms with van der Waals surface area (Å²) in [7, 11) is 1.64. The molecule has 0 radical (unpaired) electrons. The molecule has 38 nitrogen and oxygen atoms in total. The molecule has 0 spiro atoms. The fraction of sp³-hybridized carbons (Fsp3) is 0.186. The summed E-state index contributed by atoms with van der Waals surface area (Å²) in [5, 5.41) is 38.8. The number of aliphatic hydroxyl groups is 1. The van der Waals surface area contributed by atoms with Crippen LogP contribution in [0.1, 0.15) is 70.0 Å². The van der Waals surface area contributed by atoms with Crippen molar-refractivity contribution < 1.29 is 81.0 Å². The van der Waals surface area contributed by atoms with Crippen LogP contribution in [-0.2, 0) is 46.3 Å². The molecule has 6 amide bonds. The Kier molecular flexibility index (Phi) is 29.7. The number of aromatic nitrogens is 9. The summed E-state index contributed by atoms with van der Waals surface area (Å²) in [5.41, 5.74) is 11.8. The molecule has 5 aliphatic heterocycles. The first-order valence-corrected chi connectivity index (χ1v) is 42.7. The van der Waals surface area contributed by atoms with E-state index in [4.69, 9.17) is 38.3 Å². The van der Waals surface area contributed by atoms with Crippen LogP contribution in [0.2, 0.25) is 0 Å². The van der Waals surface area contributed by atoms with E-state index in [1.165, 1.54) is 56.7 Å². The van der Waals surface area contributed by atoms with E-state index in [0.717, 1.165) is 58.5 Å². The number of carbonyl (C=O) groups excluding carboxylic acids is 8. The van der Waals surface area contributed by atoms with Crippen molar-refractivity contribution >= 4 is 162 Å². The fourth-order valence-electron chi connectivity index (χ4n) is 14.3. The van der Waals surface area contributed by atoms with Crippen molar-refractivity contribution in [3.05, 3.63) is 267 Å². The molecule has 1 aliphatic carbocycles. The molecule has 12 aromatic rings. The molecule has 1 fully saturated rings. The molecule has 0 atom stereocenters. The van der Waals surface area contributed by atoms with Gasteiger partial charge in [0.25, 0.3) is 17.7 Å². The number of pyridine rings is 1. The number of anilines is 20. The van der Waals surface area contributed by atoms with Gasteiger partial charge >= 0.3 is 0 Å². The number of fused-ring (bicyclic) bond motifs is 5. The average Bonchev–Trinajstić information content (AvgIpc) is 1.54. The number of halogens is 1. The van der Waals surface area contributed by atoms with Crippen molar-refractivity contribution in [3.63, 3.8) is 0 Å². The number of ketones is 2. The number of ether oxygens (including phenoxy) is 7. The van der Waals surface area contributed by atoms with E-state index >= 15 is 0 Å². The average molecular weight is 1840 g/mol. The minimum Gasteiger partial charge on any atom is -0.491 e. The zero-order valence-electron chi connectivity index (χ0n) is 73.8. The second-order valence-electron chi connectivity index (χ2n) is 30.5. The molecule has 7 aromatic carbocycles. The summed E-state index contributed by atoms with van der Waals surface area (Å²) in [4.78, 5) is 140. The molecule has 0 unspecified atom stereocenters. The van der Waals surface area contributed by atoms with Crippen LogP contribution < -0.4 is 96.3 Å². The monoisotopic (exact) mass is 1840 g/mol. The first-order valence-electron chi connectivity index (χ1n) is 42.7. The number of benzene rings is 7. The van der Waals surface area contributed by atoms with Gasteiger partial charge in [-0.3, -0.25) is 38.4 Å². The third kappa shape index (κ3) is 23.8. The maximum absolute atomic E-state index is 14.4. The molecular formula is C97H91FN22O16. The second kappa shape index (κ2) is 43.4. The zero-order chi connectivity index (χ0) is 95.3. The Morgan fingerprint density at radius 3 is 1.42 bits per heavy atom. The Morgan fingerprint density at radius 1 is 0.471 bits per heavy atom. The highest BCUT2D eigenvalue weighted by atomic mass is 19.1. The van der Waals surface area contributed by atoms with Crippen molar-refractivity contribution in [2.75, 3.05) is 141 Å². The number of rotatable bonds is 31. The SMILES string of the molecule is C=CC(=O)N1CCOc2ccc(Nc3nc(Nc4ccc(OCCO)nc4)ncc3C(C)=O)cc21.C=CC(=O)N1CCOc2ccc(Nc3nc(Nc4ccc5c(c4)CC(=O)N5)ncc3C(C)=O)cc21.C=CC(=O)N1CCOc2ccc(Nc3ncc(F)c(Nc4ccc5c(c4)CC(=O)N5)n3)cc21.C=CC(=O)Nc1cccc(Oc2nc(Nc3ccc(OCCOC)cc3)ncc2C2CC2)c1. The van der Waals surface area contributed by atoms with Crippen molar-refractivity contribution in [2.24, 2.45) is 0 Å². The Hall–Kier alpha value is -17.6. The Balaban J connectivity index is 0.000000138. The minimum absolute atomic E-state index is 0.0190. The van der Waals surface area contributed by atoms with Crippen molar-refractivity contribution in [3.8, 4) is 40.5 Å². The van der Waals surface area contributed by atoms with E-state index in [1.54, 1.807) is 125 Å². The second-order valence-corrected chi connectivity index (χ2v) is 30.5. The standard InChI is InChI=1S/C25H22N6O4.C25H26N4O4.C24H24N6O5.C23H19FN6O3/c1-3-23(34)31-8-9-35-21-7-5-17(12-20(21)31)27-24-18(14(2)32)13-26-25(30-24)28-16-4-6-19-15(10-16)11-22(33)29-19;1-3-23(30)27-19-5-4-6-21(15-19)33-24-22(17-7-8-17)16-26-25(29-24)28-18-9-11-20(12-10-18)32-14-13-31-2;1-3-22(33)30-8-10-34-20-6-4-16(12-19(20)30)27-23-18(15(2)32)14-26-24(29-23)28-17-5-7-21(25-13-17)35-11-9-31;1-2-21(32)30-7-8-33-19-6-4-15(11-18(19)30)27-23-25-12-16(24)22(29-23)26-14-3-5-17-13(9-14)10-20(31)28-17/h3-7,10,12-13H,1,8-9,11H2,2H3,(H,29,33)(H2,26,27,28,30);3-6,9-12,15-17H,1,7-8,13-14H2,2H3,(H,27,30)(H,26,28,29);3-7,12-14,31H,1,8-11H2,2H3,(H2,26,27,28,29);2-6,9,11-12H,1,7-8,10H2,(H,28,31)(H2,25,26,27,29). The summed E-state index contributed by atoms with van der Waals surface area (Å²) >= 11 is 0. The highest BCUT2D eigenvalue weighted by molar-refractivity contribution is 6.07. The van der Waals surface area contributed by atoms with Gasteiger partial charge in [0, 0.05) is 94.6 Å². The van der Waals surface area contributed by atoms with Crippen molar-refractivity contribution in [1.82, 2.24) is 44.9 Å². The van der Waals surface area contributed by atoms with Gasteiger partial charge in [-0.25, -0.2) is 29.3 Å². The Labute approximate surface area is 777 Å². The number of hydrogen-bond acceptors (Lipinski definition) is 32. The molecule has 1 saturated carbocycles. The van der Waals surface area contributed by atoms with Gasteiger partial charge in [0.1, 0.15) is 73.4 Å². The van der Waals surface area contributed by atoms with Crippen LogP contribution in [0.25, 0.3) is 0 Å². The van der Waals surface area contributed by atoms with Gasteiger partial charge in [-0.2, -0.15) is 19.9 Å². The van der Waals surface area contributed by atoms with Crippen LogP contribution in [0.15, 0.2) is 233 Å². The van der Waals surface area contributed by atoms with Crippen molar-refractivity contribution in [2.45, 2.75) is 45.4 Å². The Bertz CT molecular complexity index is 6610. The molecule has 10 heterocycles. The lowest BCUT2D eigenvalue weighted by atomic mass is 10.1. The number of amides is 6. The van der Waals surface area contributed by atoms with Gasteiger partial charge in [-0.05, 0) is 201 Å². The van der Waals surface area contributed by atoms with E-state index in [1.807, 2.05) is 54.7 Å². The van der Waals surface area contributed by atoms with E-state index in [0.29, 0.717) is 185 Å². The van der Waals surface area contributed by atoms with Gasteiger partial charge in [-0.15, -0.1) is 0 Å². The van der Waals surface area contributed by atoms with Crippen LogP contribution in [0.4, 0.5) is 120 Å². The van der Waals surface area contributed by atoms with Crippen LogP contribution in [-0.4, -0.2) is 170 Å². The molecule has 5 aromatic heterocycles. The topological polar surface area (TPSA) is 467 Å². The van der Waals surface area contributed by atoms with Gasteiger partial charge in [0.15, 0.2) is 23.2 Å². The molecule has 18 rings (SSSR count).